The van der Waals surface area contributed by atoms with Crippen LogP contribution in [0, 0.1) is 10.6 Å². The molecule has 2 aromatic carbocycles. The number of benzene rings is 2. The number of morpholine rings is 1. The van der Waals surface area contributed by atoms with Crippen LogP contribution in [0.2, 0.25) is 0 Å². The summed E-state index contributed by atoms with van der Waals surface area (Å²) in [5.74, 6) is 0.130. The highest BCUT2D eigenvalue weighted by Gasteiger charge is 2.27. The Morgan fingerprint density at radius 1 is 1.15 bits per heavy atom. The Labute approximate surface area is 204 Å². The lowest BCUT2D eigenvalue weighted by molar-refractivity contribution is -0.937. The zero-order valence-electron chi connectivity index (χ0n) is 19.6. The fourth-order valence-electron chi connectivity index (χ4n) is 4.26. The van der Waals surface area contributed by atoms with Crippen molar-refractivity contribution in [3.63, 3.8) is 0 Å². The largest absolute Gasteiger partial charge is 0.364 e. The third-order valence-electron chi connectivity index (χ3n) is 5.79. The number of rotatable bonds is 6. The highest BCUT2D eigenvalue weighted by molar-refractivity contribution is 7.89. The number of hydrogen-bond donors (Lipinski definition) is 1. The lowest BCUT2D eigenvalue weighted by Crippen LogP contribution is -3.14. The fourth-order valence-corrected chi connectivity index (χ4v) is 5.50. The molecule has 1 aromatic heterocycles. The molecule has 2 atom stereocenters. The SMILES string of the molecule is C[C@H]1C[NH+](Cn2nc(-c3cccc(S(=O)(=O)N(C)C)c3)n(-c3ccc(F)cc3)c2=S)C[C@H](C)O1. The van der Waals surface area contributed by atoms with E-state index in [1.807, 2.05) is 13.8 Å². The fraction of sp³-hybridized carbons (Fsp3) is 0.391. The molecule has 8 nitrogen and oxygen atoms in total. The van der Waals surface area contributed by atoms with Crippen LogP contribution in [0.25, 0.3) is 17.1 Å². The summed E-state index contributed by atoms with van der Waals surface area (Å²) in [6.45, 7) is 6.28. The number of nitrogens with zero attached hydrogens (tertiary/aromatic N) is 4. The quantitative estimate of drug-likeness (QED) is 0.519. The smallest absolute Gasteiger partial charge is 0.242 e. The van der Waals surface area contributed by atoms with Crippen molar-refractivity contribution in [3.8, 4) is 17.1 Å². The van der Waals surface area contributed by atoms with E-state index < -0.39 is 10.0 Å². The summed E-state index contributed by atoms with van der Waals surface area (Å²) in [7, 11) is -0.653. The second kappa shape index (κ2) is 9.67. The molecule has 2 heterocycles. The van der Waals surface area contributed by atoms with Gasteiger partial charge in [-0.05, 0) is 62.5 Å². The van der Waals surface area contributed by atoms with E-state index in [-0.39, 0.29) is 22.9 Å². The Kier molecular flexibility index (Phi) is 7.02. The minimum atomic E-state index is -3.63. The molecule has 182 valence electrons. The van der Waals surface area contributed by atoms with Crippen molar-refractivity contribution in [2.45, 2.75) is 37.6 Å². The van der Waals surface area contributed by atoms with Crippen LogP contribution in [-0.2, 0) is 21.4 Å². The first kappa shape index (κ1) is 24.7. The molecule has 11 heteroatoms. The van der Waals surface area contributed by atoms with Crippen molar-refractivity contribution in [1.29, 1.82) is 0 Å². The topological polar surface area (TPSA) is 73.8 Å². The molecule has 0 spiro atoms. The van der Waals surface area contributed by atoms with Gasteiger partial charge in [0.2, 0.25) is 14.8 Å². The number of quaternary nitrogens is 1. The van der Waals surface area contributed by atoms with Crippen LogP contribution in [-0.4, -0.2) is 66.5 Å². The van der Waals surface area contributed by atoms with Crippen LogP contribution in [0.1, 0.15) is 13.8 Å². The van der Waals surface area contributed by atoms with E-state index in [9.17, 15) is 12.8 Å². The van der Waals surface area contributed by atoms with E-state index >= 15 is 0 Å². The minimum Gasteiger partial charge on any atom is -0.364 e. The van der Waals surface area contributed by atoms with E-state index in [2.05, 4.69) is 0 Å². The number of halogens is 1. The molecule has 0 bridgehead atoms. The number of ether oxygens (including phenoxy) is 1. The van der Waals surface area contributed by atoms with Gasteiger partial charge < -0.3 is 9.64 Å². The van der Waals surface area contributed by atoms with Gasteiger partial charge in [0.1, 0.15) is 31.1 Å². The van der Waals surface area contributed by atoms with Gasteiger partial charge in [-0.3, -0.25) is 4.57 Å². The summed E-state index contributed by atoms with van der Waals surface area (Å²) in [6.07, 6.45) is 0.249. The average molecular weight is 507 g/mol. The summed E-state index contributed by atoms with van der Waals surface area (Å²) in [5.41, 5.74) is 1.24. The lowest BCUT2D eigenvalue weighted by atomic mass is 10.2. The third-order valence-corrected chi connectivity index (χ3v) is 7.99. The van der Waals surface area contributed by atoms with Crippen LogP contribution in [0.5, 0.6) is 0 Å². The molecule has 1 aliphatic rings. The van der Waals surface area contributed by atoms with Gasteiger partial charge in [0.15, 0.2) is 12.5 Å². The number of sulfonamides is 1. The van der Waals surface area contributed by atoms with Gasteiger partial charge >= 0.3 is 0 Å². The van der Waals surface area contributed by atoms with E-state index in [1.54, 1.807) is 45.6 Å². The van der Waals surface area contributed by atoms with Crippen molar-refractivity contribution in [2.75, 3.05) is 27.2 Å². The van der Waals surface area contributed by atoms with Gasteiger partial charge in [0.25, 0.3) is 0 Å². The molecular formula is C23H29FN5O3S2+. The molecule has 34 heavy (non-hydrogen) atoms. The first-order valence-corrected chi connectivity index (χ1v) is 12.9. The van der Waals surface area contributed by atoms with Gasteiger partial charge in [0.05, 0.1) is 10.6 Å². The Morgan fingerprint density at radius 3 is 2.41 bits per heavy atom. The van der Waals surface area contributed by atoms with Crippen molar-refractivity contribution in [1.82, 2.24) is 18.7 Å². The molecule has 0 unspecified atom stereocenters. The minimum absolute atomic E-state index is 0.125. The van der Waals surface area contributed by atoms with E-state index in [4.69, 9.17) is 22.1 Å². The second-order valence-electron chi connectivity index (χ2n) is 8.81. The number of aromatic nitrogens is 3. The normalized spacial score (nSPS) is 21.2. The predicted octanol–water partition coefficient (Wildman–Crippen LogP) is 2.11. The zero-order chi connectivity index (χ0) is 24.6. The molecule has 0 saturated carbocycles. The Morgan fingerprint density at radius 2 is 1.79 bits per heavy atom. The molecule has 1 N–H and O–H groups in total. The highest BCUT2D eigenvalue weighted by atomic mass is 32.2. The first-order chi connectivity index (χ1) is 16.1. The second-order valence-corrected chi connectivity index (χ2v) is 11.3. The third kappa shape index (κ3) is 4.98. The Bertz CT molecular complexity index is 1330. The van der Waals surface area contributed by atoms with Crippen molar-refractivity contribution in [3.05, 3.63) is 59.1 Å². The number of hydrogen-bond acceptors (Lipinski definition) is 5. The molecule has 1 saturated heterocycles. The van der Waals surface area contributed by atoms with E-state index in [0.29, 0.717) is 28.5 Å². The molecular weight excluding hydrogens is 477 g/mol. The maximum Gasteiger partial charge on any atom is 0.242 e. The molecule has 1 aliphatic heterocycles. The van der Waals surface area contributed by atoms with Gasteiger partial charge in [-0.25, -0.2) is 17.1 Å². The molecule has 0 amide bonds. The van der Waals surface area contributed by atoms with Crippen molar-refractivity contribution < 1.29 is 22.4 Å². The van der Waals surface area contributed by atoms with Crippen molar-refractivity contribution >= 4 is 22.2 Å². The van der Waals surface area contributed by atoms with Gasteiger partial charge in [0, 0.05) is 19.7 Å². The van der Waals surface area contributed by atoms with E-state index in [0.717, 1.165) is 13.1 Å². The standard InChI is InChI=1S/C23H28FN5O3S2/c1-16-13-27(14-17(2)32-16)15-28-23(33)29(20-10-8-19(24)9-11-20)22(25-28)18-6-5-7-21(12-18)34(30,31)26(3)4/h5-12,16-17H,13-15H2,1-4H3/p+1/t16-,17-/m0/s1. The summed E-state index contributed by atoms with van der Waals surface area (Å²) in [6, 6.07) is 12.6. The summed E-state index contributed by atoms with van der Waals surface area (Å²) in [4.78, 5) is 1.43. The maximum absolute atomic E-state index is 13.6. The molecule has 0 aliphatic carbocycles. The summed E-state index contributed by atoms with van der Waals surface area (Å²) in [5, 5.41) is 4.80. The summed E-state index contributed by atoms with van der Waals surface area (Å²) < 4.78 is 50.0. The van der Waals surface area contributed by atoms with Gasteiger partial charge in [-0.2, -0.15) is 4.68 Å². The van der Waals surface area contributed by atoms with Crippen LogP contribution in [0.15, 0.2) is 53.4 Å². The van der Waals surface area contributed by atoms with E-state index in [1.165, 1.54) is 35.4 Å². The lowest BCUT2D eigenvalue weighted by Gasteiger charge is -2.32. The number of nitrogens with one attached hydrogen (secondary N) is 1. The van der Waals surface area contributed by atoms with Crippen molar-refractivity contribution in [2.24, 2.45) is 0 Å². The maximum atomic E-state index is 13.6. The summed E-state index contributed by atoms with van der Waals surface area (Å²) >= 11 is 5.80. The predicted molar refractivity (Wildman–Crippen MR) is 129 cm³/mol. The first-order valence-electron chi connectivity index (χ1n) is 11.0. The van der Waals surface area contributed by atoms with Crippen LogP contribution in [0.3, 0.4) is 0 Å². The van der Waals surface area contributed by atoms with Crippen LogP contribution in [0.4, 0.5) is 4.39 Å². The molecule has 0 radical (unpaired) electrons. The monoisotopic (exact) mass is 506 g/mol. The van der Waals surface area contributed by atoms with Crippen LogP contribution < -0.4 is 4.90 Å². The van der Waals surface area contributed by atoms with Gasteiger partial charge in [-0.1, -0.05) is 12.1 Å². The molecule has 4 rings (SSSR count). The Hall–Kier alpha value is -2.44. The average Bonchev–Trinajstić information content (AvgIpc) is 3.09. The van der Waals surface area contributed by atoms with Gasteiger partial charge in [-0.15, -0.1) is 5.10 Å². The van der Waals surface area contributed by atoms with Crippen LogP contribution >= 0.6 is 12.2 Å². The Balaban J connectivity index is 1.83. The zero-order valence-corrected chi connectivity index (χ0v) is 21.2. The molecule has 1 fully saturated rings. The highest BCUT2D eigenvalue weighted by Crippen LogP contribution is 2.26. The molecule has 3 aromatic rings.